The smallest absolute Gasteiger partial charge is 0.128 e. The van der Waals surface area contributed by atoms with Crippen LogP contribution >= 0.6 is 0 Å². The molecule has 4 rings (SSSR count). The fourth-order valence-electron chi connectivity index (χ4n) is 4.33. The van der Waals surface area contributed by atoms with E-state index in [1.165, 1.54) is 24.8 Å². The predicted octanol–water partition coefficient (Wildman–Crippen LogP) is 2.94. The molecule has 2 saturated carbocycles. The molecule has 1 aliphatic heterocycles. The van der Waals surface area contributed by atoms with Crippen LogP contribution in [0, 0.1) is 11.8 Å². The van der Waals surface area contributed by atoms with Gasteiger partial charge in [-0.3, -0.25) is 0 Å². The van der Waals surface area contributed by atoms with Crippen LogP contribution in [-0.2, 0) is 9.47 Å². The van der Waals surface area contributed by atoms with E-state index in [9.17, 15) is 0 Å². The Kier molecular flexibility index (Phi) is 1.98. The van der Waals surface area contributed by atoms with Crippen LogP contribution in [0.25, 0.3) is 0 Å². The molecule has 2 nitrogen and oxygen atoms in total. The van der Waals surface area contributed by atoms with Crippen LogP contribution in [0.5, 0.6) is 0 Å². The first-order valence-corrected chi connectivity index (χ1v) is 6.62. The van der Waals surface area contributed by atoms with Crippen LogP contribution in [0.2, 0.25) is 0 Å². The molecule has 3 aliphatic rings. The van der Waals surface area contributed by atoms with Gasteiger partial charge in [0.2, 0.25) is 0 Å². The summed E-state index contributed by atoms with van der Waals surface area (Å²) in [6, 6.07) is 10.6. The third kappa shape index (κ3) is 1.18. The molecule has 0 unspecified atom stereocenters. The molecule has 5 atom stereocenters. The van der Waals surface area contributed by atoms with E-state index in [0.29, 0.717) is 6.10 Å². The molecule has 2 heteroatoms. The molecule has 90 valence electrons. The Labute approximate surface area is 102 Å². The normalized spacial score (nSPS) is 46.6. The number of ether oxygens (including phenoxy) is 2. The fourth-order valence-corrected chi connectivity index (χ4v) is 4.33. The first-order valence-electron chi connectivity index (χ1n) is 6.62. The molecule has 2 aliphatic carbocycles. The van der Waals surface area contributed by atoms with Gasteiger partial charge in [-0.1, -0.05) is 30.3 Å². The Hall–Kier alpha value is -0.860. The third-order valence-corrected chi connectivity index (χ3v) is 5.01. The van der Waals surface area contributed by atoms with Gasteiger partial charge in [-0.05, 0) is 36.7 Å². The summed E-state index contributed by atoms with van der Waals surface area (Å²) in [5, 5.41) is 0. The highest BCUT2D eigenvalue weighted by Gasteiger charge is 2.73. The van der Waals surface area contributed by atoms with Crippen molar-refractivity contribution in [3.05, 3.63) is 35.9 Å². The summed E-state index contributed by atoms with van der Waals surface area (Å²) in [7, 11) is 1.84. The molecule has 1 aromatic rings. The summed E-state index contributed by atoms with van der Waals surface area (Å²) in [5.41, 5.74) is 1.35. The van der Waals surface area contributed by atoms with Crippen molar-refractivity contribution in [2.75, 3.05) is 7.11 Å². The minimum absolute atomic E-state index is 0.0268. The highest BCUT2D eigenvalue weighted by atomic mass is 16.6. The van der Waals surface area contributed by atoms with E-state index in [0.717, 1.165) is 11.8 Å². The SMILES string of the molecule is CO[C@H]1[C@H]2CC[C@H](C2)[C@@]12O[C@@H]2c1ccccc1. The second-order valence-electron chi connectivity index (χ2n) is 5.69. The van der Waals surface area contributed by atoms with Crippen molar-refractivity contribution in [1.82, 2.24) is 0 Å². The number of benzene rings is 1. The fraction of sp³-hybridized carbons (Fsp3) is 0.600. The quantitative estimate of drug-likeness (QED) is 0.729. The molecule has 1 spiro atoms. The van der Waals surface area contributed by atoms with Gasteiger partial charge < -0.3 is 9.47 Å². The number of hydrogen-bond donors (Lipinski definition) is 0. The molecule has 0 N–H and O–H groups in total. The highest BCUT2D eigenvalue weighted by Crippen LogP contribution is 2.68. The lowest BCUT2D eigenvalue weighted by molar-refractivity contribution is -0.00526. The van der Waals surface area contributed by atoms with Gasteiger partial charge in [0.05, 0.1) is 6.10 Å². The van der Waals surface area contributed by atoms with Crippen molar-refractivity contribution in [3.63, 3.8) is 0 Å². The molecule has 0 amide bonds. The molecule has 3 fully saturated rings. The zero-order valence-corrected chi connectivity index (χ0v) is 10.1. The summed E-state index contributed by atoms with van der Waals surface area (Å²) in [6.45, 7) is 0. The zero-order chi connectivity index (χ0) is 11.5. The topological polar surface area (TPSA) is 21.8 Å². The van der Waals surface area contributed by atoms with E-state index >= 15 is 0 Å². The first-order chi connectivity index (χ1) is 8.36. The lowest BCUT2D eigenvalue weighted by Crippen LogP contribution is -2.38. The molecule has 1 saturated heterocycles. The van der Waals surface area contributed by atoms with E-state index in [4.69, 9.17) is 9.47 Å². The van der Waals surface area contributed by atoms with Crippen molar-refractivity contribution in [3.8, 4) is 0 Å². The molecule has 2 bridgehead atoms. The van der Waals surface area contributed by atoms with E-state index in [-0.39, 0.29) is 11.7 Å². The summed E-state index contributed by atoms with van der Waals surface area (Å²) in [4.78, 5) is 0. The molecule has 17 heavy (non-hydrogen) atoms. The maximum atomic E-state index is 6.16. The molecular weight excluding hydrogens is 212 g/mol. The zero-order valence-electron chi connectivity index (χ0n) is 10.1. The van der Waals surface area contributed by atoms with Gasteiger partial charge >= 0.3 is 0 Å². The Morgan fingerprint density at radius 1 is 1.24 bits per heavy atom. The van der Waals surface area contributed by atoms with Gasteiger partial charge in [0.1, 0.15) is 11.7 Å². The maximum absolute atomic E-state index is 6.16. The van der Waals surface area contributed by atoms with E-state index in [1.807, 2.05) is 7.11 Å². The lowest BCUT2D eigenvalue weighted by atomic mass is 9.81. The van der Waals surface area contributed by atoms with Crippen molar-refractivity contribution in [1.29, 1.82) is 0 Å². The highest BCUT2D eigenvalue weighted by molar-refractivity contribution is 5.32. The maximum Gasteiger partial charge on any atom is 0.128 e. The third-order valence-electron chi connectivity index (χ3n) is 5.01. The van der Waals surface area contributed by atoms with E-state index in [2.05, 4.69) is 30.3 Å². The van der Waals surface area contributed by atoms with Gasteiger partial charge in [-0.2, -0.15) is 0 Å². The number of epoxide rings is 1. The van der Waals surface area contributed by atoms with Crippen LogP contribution < -0.4 is 0 Å². The van der Waals surface area contributed by atoms with Gasteiger partial charge in [0.15, 0.2) is 0 Å². The number of fused-ring (bicyclic) bond motifs is 3. The summed E-state index contributed by atoms with van der Waals surface area (Å²) in [6.07, 6.45) is 4.57. The second kappa shape index (κ2) is 3.33. The van der Waals surface area contributed by atoms with Gasteiger partial charge in [-0.25, -0.2) is 0 Å². The lowest BCUT2D eigenvalue weighted by Gasteiger charge is -2.27. The monoisotopic (exact) mass is 230 g/mol. The Morgan fingerprint density at radius 2 is 2.06 bits per heavy atom. The van der Waals surface area contributed by atoms with Crippen LogP contribution in [0.15, 0.2) is 30.3 Å². The van der Waals surface area contributed by atoms with E-state index < -0.39 is 0 Å². The van der Waals surface area contributed by atoms with Crippen LogP contribution in [0.3, 0.4) is 0 Å². The van der Waals surface area contributed by atoms with E-state index in [1.54, 1.807) is 0 Å². The number of hydrogen-bond acceptors (Lipinski definition) is 2. The molecule has 1 heterocycles. The van der Waals surface area contributed by atoms with Gasteiger partial charge in [0, 0.05) is 7.11 Å². The minimum atomic E-state index is 0.0268. The van der Waals surface area contributed by atoms with Crippen molar-refractivity contribution in [2.45, 2.75) is 37.1 Å². The predicted molar refractivity (Wildman–Crippen MR) is 64.6 cm³/mol. The van der Waals surface area contributed by atoms with Gasteiger partial charge in [-0.15, -0.1) is 0 Å². The molecule has 0 radical (unpaired) electrons. The largest absolute Gasteiger partial charge is 0.378 e. The molecule has 1 aromatic carbocycles. The summed E-state index contributed by atoms with van der Waals surface area (Å²) < 4.78 is 11.9. The van der Waals surface area contributed by atoms with Crippen molar-refractivity contribution < 1.29 is 9.47 Å². The number of rotatable bonds is 2. The summed E-state index contributed by atoms with van der Waals surface area (Å²) >= 11 is 0. The summed E-state index contributed by atoms with van der Waals surface area (Å²) in [5.74, 6) is 1.46. The first kappa shape index (κ1) is 10.1. The second-order valence-corrected chi connectivity index (χ2v) is 5.69. The Morgan fingerprint density at radius 3 is 2.82 bits per heavy atom. The molecule has 0 aromatic heterocycles. The Balaban J connectivity index is 1.68. The van der Waals surface area contributed by atoms with Crippen molar-refractivity contribution in [2.24, 2.45) is 11.8 Å². The average Bonchev–Trinajstić information content (AvgIpc) is 2.80. The number of methoxy groups -OCH3 is 1. The average molecular weight is 230 g/mol. The standard InChI is InChI=1S/C15H18O2/c1-16-13-11-7-8-12(9-11)15(13)14(17-15)10-5-3-2-4-6-10/h2-6,11-14H,7-9H2,1H3/t11-,12+,13-,14+,15+/m0/s1. The molecular formula is C15H18O2. The van der Waals surface area contributed by atoms with Crippen molar-refractivity contribution >= 4 is 0 Å². The van der Waals surface area contributed by atoms with Crippen LogP contribution in [0.1, 0.15) is 30.9 Å². The van der Waals surface area contributed by atoms with Crippen LogP contribution in [-0.4, -0.2) is 18.8 Å². The van der Waals surface area contributed by atoms with Crippen LogP contribution in [0.4, 0.5) is 0 Å². The minimum Gasteiger partial charge on any atom is -0.378 e. The Bertz CT molecular complexity index is 430. The van der Waals surface area contributed by atoms with Gasteiger partial charge in [0.25, 0.3) is 0 Å².